The van der Waals surface area contributed by atoms with Crippen molar-refractivity contribution >= 4 is 0 Å². The SMILES string of the molecule is COc1ccc(CC2NCCc3ccc(OC)c(OC)c32)cc1. The van der Waals surface area contributed by atoms with Crippen LogP contribution in [0.15, 0.2) is 36.4 Å². The molecule has 0 aliphatic carbocycles. The van der Waals surface area contributed by atoms with Gasteiger partial charge in [0, 0.05) is 11.6 Å². The first kappa shape index (κ1) is 15.7. The molecule has 1 N–H and O–H groups in total. The maximum Gasteiger partial charge on any atom is 0.165 e. The molecular formula is C19H23NO3. The molecule has 0 spiro atoms. The molecule has 3 rings (SSSR count). The van der Waals surface area contributed by atoms with E-state index in [-0.39, 0.29) is 6.04 Å². The normalized spacial score (nSPS) is 16.6. The van der Waals surface area contributed by atoms with E-state index in [0.717, 1.165) is 36.6 Å². The quantitative estimate of drug-likeness (QED) is 0.920. The summed E-state index contributed by atoms with van der Waals surface area (Å²) < 4.78 is 16.3. The lowest BCUT2D eigenvalue weighted by Gasteiger charge is -2.29. The summed E-state index contributed by atoms with van der Waals surface area (Å²) in [7, 11) is 5.07. The molecule has 1 aliphatic rings. The third-order valence-corrected chi connectivity index (χ3v) is 4.41. The molecular weight excluding hydrogens is 290 g/mol. The summed E-state index contributed by atoms with van der Waals surface area (Å²) in [6.07, 6.45) is 1.91. The second kappa shape index (κ2) is 6.92. The number of methoxy groups -OCH3 is 3. The van der Waals surface area contributed by atoms with E-state index in [1.165, 1.54) is 16.7 Å². The fraction of sp³-hybridized carbons (Fsp3) is 0.368. The first-order valence-electron chi connectivity index (χ1n) is 7.87. The van der Waals surface area contributed by atoms with E-state index in [2.05, 4.69) is 23.5 Å². The Balaban J connectivity index is 1.93. The minimum absolute atomic E-state index is 0.220. The van der Waals surface area contributed by atoms with Crippen LogP contribution in [0.3, 0.4) is 0 Å². The maximum absolute atomic E-state index is 5.65. The van der Waals surface area contributed by atoms with Crippen LogP contribution < -0.4 is 19.5 Å². The number of nitrogens with one attached hydrogen (secondary N) is 1. The Morgan fingerprint density at radius 3 is 2.39 bits per heavy atom. The Morgan fingerprint density at radius 1 is 0.957 bits per heavy atom. The van der Waals surface area contributed by atoms with Gasteiger partial charge in [0.15, 0.2) is 11.5 Å². The van der Waals surface area contributed by atoms with Gasteiger partial charge >= 0.3 is 0 Å². The first-order chi connectivity index (χ1) is 11.3. The van der Waals surface area contributed by atoms with Gasteiger partial charge in [0.1, 0.15) is 5.75 Å². The van der Waals surface area contributed by atoms with E-state index >= 15 is 0 Å². The summed E-state index contributed by atoms with van der Waals surface area (Å²) in [6, 6.07) is 12.6. The highest BCUT2D eigenvalue weighted by Crippen LogP contribution is 2.40. The fourth-order valence-electron chi connectivity index (χ4n) is 3.25. The monoisotopic (exact) mass is 313 g/mol. The molecule has 0 radical (unpaired) electrons. The van der Waals surface area contributed by atoms with Crippen molar-refractivity contribution in [1.82, 2.24) is 5.32 Å². The molecule has 4 nitrogen and oxygen atoms in total. The zero-order valence-electron chi connectivity index (χ0n) is 13.9. The smallest absolute Gasteiger partial charge is 0.165 e. The van der Waals surface area contributed by atoms with E-state index in [1.54, 1.807) is 21.3 Å². The van der Waals surface area contributed by atoms with Crippen molar-refractivity contribution < 1.29 is 14.2 Å². The number of hydrogen-bond acceptors (Lipinski definition) is 4. The van der Waals surface area contributed by atoms with Crippen molar-refractivity contribution in [3.05, 3.63) is 53.1 Å². The molecule has 2 aromatic carbocycles. The zero-order valence-corrected chi connectivity index (χ0v) is 13.9. The summed E-state index contributed by atoms with van der Waals surface area (Å²) >= 11 is 0. The molecule has 0 saturated carbocycles. The summed E-state index contributed by atoms with van der Waals surface area (Å²) in [5.41, 5.74) is 3.81. The van der Waals surface area contributed by atoms with E-state index in [9.17, 15) is 0 Å². The van der Waals surface area contributed by atoms with E-state index in [0.29, 0.717) is 0 Å². The van der Waals surface area contributed by atoms with Crippen LogP contribution >= 0.6 is 0 Å². The molecule has 23 heavy (non-hydrogen) atoms. The van der Waals surface area contributed by atoms with Gasteiger partial charge < -0.3 is 19.5 Å². The highest BCUT2D eigenvalue weighted by atomic mass is 16.5. The lowest BCUT2D eigenvalue weighted by molar-refractivity contribution is 0.342. The van der Waals surface area contributed by atoms with Crippen LogP contribution in [0, 0.1) is 0 Å². The van der Waals surface area contributed by atoms with Crippen LogP contribution in [0.2, 0.25) is 0 Å². The van der Waals surface area contributed by atoms with Crippen molar-refractivity contribution in [2.24, 2.45) is 0 Å². The third-order valence-electron chi connectivity index (χ3n) is 4.41. The van der Waals surface area contributed by atoms with Crippen LogP contribution in [-0.4, -0.2) is 27.9 Å². The maximum atomic E-state index is 5.65. The van der Waals surface area contributed by atoms with Gasteiger partial charge in [-0.1, -0.05) is 18.2 Å². The Morgan fingerprint density at radius 2 is 1.74 bits per heavy atom. The number of ether oxygens (including phenoxy) is 3. The number of benzene rings is 2. The number of hydrogen-bond donors (Lipinski definition) is 1. The van der Waals surface area contributed by atoms with Gasteiger partial charge in [0.2, 0.25) is 0 Å². The molecule has 0 fully saturated rings. The van der Waals surface area contributed by atoms with Crippen molar-refractivity contribution in [3.8, 4) is 17.2 Å². The molecule has 0 saturated heterocycles. The molecule has 1 heterocycles. The third kappa shape index (κ3) is 3.13. The molecule has 0 amide bonds. The largest absolute Gasteiger partial charge is 0.497 e. The van der Waals surface area contributed by atoms with E-state index in [4.69, 9.17) is 14.2 Å². The second-order valence-electron chi connectivity index (χ2n) is 5.68. The molecule has 1 unspecified atom stereocenters. The summed E-state index contributed by atoms with van der Waals surface area (Å²) in [5.74, 6) is 2.51. The molecule has 4 heteroatoms. The Labute approximate surface area is 137 Å². The topological polar surface area (TPSA) is 39.7 Å². The summed E-state index contributed by atoms with van der Waals surface area (Å²) in [6.45, 7) is 0.976. The van der Waals surface area contributed by atoms with Crippen molar-refractivity contribution in [2.45, 2.75) is 18.9 Å². The number of rotatable bonds is 5. The molecule has 122 valence electrons. The minimum Gasteiger partial charge on any atom is -0.497 e. The van der Waals surface area contributed by atoms with Gasteiger partial charge in [-0.3, -0.25) is 0 Å². The van der Waals surface area contributed by atoms with Crippen LogP contribution in [0.1, 0.15) is 22.7 Å². The highest BCUT2D eigenvalue weighted by Gasteiger charge is 2.26. The van der Waals surface area contributed by atoms with Crippen LogP contribution in [-0.2, 0) is 12.8 Å². The van der Waals surface area contributed by atoms with Gasteiger partial charge in [-0.2, -0.15) is 0 Å². The predicted molar refractivity (Wildman–Crippen MR) is 90.7 cm³/mol. The standard InChI is InChI=1S/C19H23NO3/c1-21-15-7-4-13(5-8-15)12-16-18-14(10-11-20-16)6-9-17(22-2)19(18)23-3/h4-9,16,20H,10-12H2,1-3H3. The lowest BCUT2D eigenvalue weighted by Crippen LogP contribution is -2.31. The highest BCUT2D eigenvalue weighted by molar-refractivity contribution is 5.53. The van der Waals surface area contributed by atoms with Gasteiger partial charge in [-0.15, -0.1) is 0 Å². The molecule has 1 atom stereocenters. The average molecular weight is 313 g/mol. The van der Waals surface area contributed by atoms with Crippen LogP contribution in [0.4, 0.5) is 0 Å². The average Bonchev–Trinajstić information content (AvgIpc) is 2.61. The van der Waals surface area contributed by atoms with E-state index in [1.807, 2.05) is 18.2 Å². The van der Waals surface area contributed by atoms with Crippen molar-refractivity contribution in [1.29, 1.82) is 0 Å². The fourth-order valence-corrected chi connectivity index (χ4v) is 3.25. The summed E-state index contributed by atoms with van der Waals surface area (Å²) in [4.78, 5) is 0. The molecule has 1 aliphatic heterocycles. The van der Waals surface area contributed by atoms with E-state index < -0.39 is 0 Å². The minimum atomic E-state index is 0.220. The second-order valence-corrected chi connectivity index (χ2v) is 5.68. The van der Waals surface area contributed by atoms with Crippen molar-refractivity contribution in [3.63, 3.8) is 0 Å². The Bertz CT molecular complexity index is 667. The molecule has 2 aromatic rings. The van der Waals surface area contributed by atoms with Gasteiger partial charge in [-0.25, -0.2) is 0 Å². The summed E-state index contributed by atoms with van der Waals surface area (Å²) in [5, 5.41) is 3.61. The molecule has 0 aromatic heterocycles. The van der Waals surface area contributed by atoms with Gasteiger partial charge in [0.25, 0.3) is 0 Å². The Hall–Kier alpha value is -2.20. The van der Waals surface area contributed by atoms with Crippen molar-refractivity contribution in [2.75, 3.05) is 27.9 Å². The van der Waals surface area contributed by atoms with Crippen LogP contribution in [0.5, 0.6) is 17.2 Å². The van der Waals surface area contributed by atoms with Gasteiger partial charge in [0.05, 0.1) is 21.3 Å². The Kier molecular flexibility index (Phi) is 4.72. The first-order valence-corrected chi connectivity index (χ1v) is 7.87. The predicted octanol–water partition coefficient (Wildman–Crippen LogP) is 3.14. The number of fused-ring (bicyclic) bond motifs is 1. The zero-order chi connectivity index (χ0) is 16.2. The molecule has 0 bridgehead atoms. The lowest BCUT2D eigenvalue weighted by atomic mass is 9.89. The van der Waals surface area contributed by atoms with Crippen LogP contribution in [0.25, 0.3) is 0 Å². The van der Waals surface area contributed by atoms with Gasteiger partial charge in [-0.05, 0) is 48.7 Å².